The summed E-state index contributed by atoms with van der Waals surface area (Å²) >= 11 is 0. The molecule has 3 aromatic rings. The minimum Gasteiger partial charge on any atom is -0.497 e. The lowest BCUT2D eigenvalue weighted by molar-refractivity contribution is 0.244. The minimum absolute atomic E-state index is 0.0802. The Kier molecular flexibility index (Phi) is 5.76. The SMILES string of the molecule is COc1cccc(Nc2cc(C)nc(Nc3ccccc3OC(C)C)n2)c1. The maximum Gasteiger partial charge on any atom is 0.229 e. The number of nitrogens with one attached hydrogen (secondary N) is 2. The first-order valence-corrected chi connectivity index (χ1v) is 8.83. The highest BCUT2D eigenvalue weighted by Crippen LogP contribution is 2.28. The quantitative estimate of drug-likeness (QED) is 0.610. The average molecular weight is 364 g/mol. The van der Waals surface area contributed by atoms with Crippen LogP contribution in [0.4, 0.5) is 23.1 Å². The largest absolute Gasteiger partial charge is 0.497 e. The fourth-order valence-corrected chi connectivity index (χ4v) is 2.58. The van der Waals surface area contributed by atoms with E-state index in [4.69, 9.17) is 9.47 Å². The van der Waals surface area contributed by atoms with E-state index < -0.39 is 0 Å². The molecule has 0 saturated heterocycles. The first-order chi connectivity index (χ1) is 13.0. The molecule has 2 N–H and O–H groups in total. The monoisotopic (exact) mass is 364 g/mol. The number of methoxy groups -OCH3 is 1. The summed E-state index contributed by atoms with van der Waals surface area (Å²) in [5, 5.41) is 6.55. The number of anilines is 4. The third kappa shape index (κ3) is 5.10. The third-order valence-corrected chi connectivity index (χ3v) is 3.69. The molecule has 0 saturated carbocycles. The third-order valence-electron chi connectivity index (χ3n) is 3.69. The summed E-state index contributed by atoms with van der Waals surface area (Å²) in [6.45, 7) is 5.92. The zero-order chi connectivity index (χ0) is 19.2. The van der Waals surface area contributed by atoms with E-state index in [0.29, 0.717) is 11.8 Å². The van der Waals surface area contributed by atoms with Crippen LogP contribution in [0.2, 0.25) is 0 Å². The molecule has 6 heteroatoms. The highest BCUT2D eigenvalue weighted by molar-refractivity contribution is 5.65. The zero-order valence-electron chi connectivity index (χ0n) is 16.0. The van der Waals surface area contributed by atoms with Crippen molar-refractivity contribution in [3.05, 3.63) is 60.3 Å². The second-order valence-corrected chi connectivity index (χ2v) is 6.36. The summed E-state index contributed by atoms with van der Waals surface area (Å²) < 4.78 is 11.1. The molecule has 0 aliphatic heterocycles. The molecule has 1 heterocycles. The number of hydrogen-bond donors (Lipinski definition) is 2. The molecule has 0 spiro atoms. The van der Waals surface area contributed by atoms with Gasteiger partial charge in [-0.05, 0) is 45.0 Å². The molecule has 3 rings (SSSR count). The molecular formula is C21H24N4O2. The Morgan fingerprint density at radius 1 is 0.926 bits per heavy atom. The topological polar surface area (TPSA) is 68.3 Å². The van der Waals surface area contributed by atoms with Gasteiger partial charge in [-0.3, -0.25) is 0 Å². The van der Waals surface area contributed by atoms with Crippen molar-refractivity contribution in [2.75, 3.05) is 17.7 Å². The number of ether oxygens (including phenoxy) is 2. The van der Waals surface area contributed by atoms with Crippen molar-refractivity contribution in [2.45, 2.75) is 26.9 Å². The number of aryl methyl sites for hydroxylation is 1. The van der Waals surface area contributed by atoms with Crippen molar-refractivity contribution in [2.24, 2.45) is 0 Å². The lowest BCUT2D eigenvalue weighted by Gasteiger charge is -2.15. The molecular weight excluding hydrogens is 340 g/mol. The maximum atomic E-state index is 5.85. The Morgan fingerprint density at radius 2 is 1.74 bits per heavy atom. The molecule has 0 atom stereocenters. The number of aromatic nitrogens is 2. The Labute approximate surface area is 159 Å². The van der Waals surface area contributed by atoms with Gasteiger partial charge in [-0.15, -0.1) is 0 Å². The van der Waals surface area contributed by atoms with Crippen LogP contribution in [-0.2, 0) is 0 Å². The standard InChI is InChI=1S/C21H24N4O2/c1-14(2)27-19-11-6-5-10-18(19)24-21-22-15(3)12-20(25-21)23-16-8-7-9-17(13-16)26-4/h5-14H,1-4H3,(H2,22,23,24,25). The van der Waals surface area contributed by atoms with Crippen LogP contribution in [0.5, 0.6) is 11.5 Å². The van der Waals surface area contributed by atoms with Gasteiger partial charge in [-0.25, -0.2) is 4.98 Å². The average Bonchev–Trinajstić information content (AvgIpc) is 2.62. The summed E-state index contributed by atoms with van der Waals surface area (Å²) in [6, 6.07) is 17.3. The summed E-state index contributed by atoms with van der Waals surface area (Å²) in [6.07, 6.45) is 0.0802. The van der Waals surface area contributed by atoms with Crippen molar-refractivity contribution < 1.29 is 9.47 Å². The van der Waals surface area contributed by atoms with E-state index in [2.05, 4.69) is 20.6 Å². The number of rotatable bonds is 7. The molecule has 0 aliphatic carbocycles. The zero-order valence-corrected chi connectivity index (χ0v) is 16.0. The molecule has 0 radical (unpaired) electrons. The van der Waals surface area contributed by atoms with Gasteiger partial charge < -0.3 is 20.1 Å². The van der Waals surface area contributed by atoms with Gasteiger partial charge in [0.15, 0.2) is 0 Å². The molecule has 2 aromatic carbocycles. The second-order valence-electron chi connectivity index (χ2n) is 6.36. The molecule has 140 valence electrons. The van der Waals surface area contributed by atoms with Gasteiger partial charge >= 0.3 is 0 Å². The molecule has 0 unspecified atom stereocenters. The van der Waals surface area contributed by atoms with Crippen LogP contribution in [0.15, 0.2) is 54.6 Å². The van der Waals surface area contributed by atoms with Gasteiger partial charge in [-0.1, -0.05) is 18.2 Å². The Bertz CT molecular complexity index is 912. The van der Waals surface area contributed by atoms with Gasteiger partial charge in [0.05, 0.1) is 18.9 Å². The lowest BCUT2D eigenvalue weighted by atomic mass is 10.3. The number of para-hydroxylation sites is 2. The van der Waals surface area contributed by atoms with Gasteiger partial charge in [0.25, 0.3) is 0 Å². The molecule has 0 aliphatic rings. The van der Waals surface area contributed by atoms with Crippen molar-refractivity contribution in [3.8, 4) is 11.5 Å². The molecule has 0 fully saturated rings. The van der Waals surface area contributed by atoms with Crippen LogP contribution >= 0.6 is 0 Å². The summed E-state index contributed by atoms with van der Waals surface area (Å²) in [4.78, 5) is 9.05. The summed E-state index contributed by atoms with van der Waals surface area (Å²) in [7, 11) is 1.65. The van der Waals surface area contributed by atoms with Crippen LogP contribution < -0.4 is 20.1 Å². The molecule has 0 bridgehead atoms. The fraction of sp³-hybridized carbons (Fsp3) is 0.238. The van der Waals surface area contributed by atoms with E-state index >= 15 is 0 Å². The van der Waals surface area contributed by atoms with Crippen molar-refractivity contribution in [3.63, 3.8) is 0 Å². The predicted octanol–water partition coefficient (Wildman–Crippen LogP) is 5.07. The minimum atomic E-state index is 0.0802. The van der Waals surface area contributed by atoms with Crippen molar-refractivity contribution >= 4 is 23.1 Å². The van der Waals surface area contributed by atoms with E-state index in [1.165, 1.54) is 0 Å². The van der Waals surface area contributed by atoms with Gasteiger partial charge in [-0.2, -0.15) is 4.98 Å². The number of benzene rings is 2. The van der Waals surface area contributed by atoms with E-state index in [1.807, 2.05) is 75.4 Å². The second kappa shape index (κ2) is 8.40. The number of nitrogens with zero attached hydrogens (tertiary/aromatic N) is 2. The van der Waals surface area contributed by atoms with Crippen LogP contribution in [0.3, 0.4) is 0 Å². The lowest BCUT2D eigenvalue weighted by Crippen LogP contribution is -2.08. The van der Waals surface area contributed by atoms with Gasteiger partial charge in [0.2, 0.25) is 5.95 Å². The van der Waals surface area contributed by atoms with Crippen molar-refractivity contribution in [1.82, 2.24) is 9.97 Å². The van der Waals surface area contributed by atoms with Crippen LogP contribution in [0.25, 0.3) is 0 Å². The maximum absolute atomic E-state index is 5.85. The van der Waals surface area contributed by atoms with Crippen LogP contribution in [0, 0.1) is 6.92 Å². The van der Waals surface area contributed by atoms with Gasteiger partial charge in [0, 0.05) is 23.5 Å². The Hall–Kier alpha value is -3.28. The predicted molar refractivity (Wildman–Crippen MR) is 109 cm³/mol. The Morgan fingerprint density at radius 3 is 2.52 bits per heavy atom. The summed E-state index contributed by atoms with van der Waals surface area (Å²) in [5.41, 5.74) is 2.56. The van der Waals surface area contributed by atoms with Crippen LogP contribution in [0.1, 0.15) is 19.5 Å². The van der Waals surface area contributed by atoms with E-state index in [1.54, 1.807) is 7.11 Å². The molecule has 1 aromatic heterocycles. The molecule has 0 amide bonds. The highest BCUT2D eigenvalue weighted by atomic mass is 16.5. The van der Waals surface area contributed by atoms with Crippen LogP contribution in [-0.4, -0.2) is 23.2 Å². The van der Waals surface area contributed by atoms with E-state index in [0.717, 1.165) is 28.6 Å². The molecule has 6 nitrogen and oxygen atoms in total. The normalized spacial score (nSPS) is 10.6. The molecule has 27 heavy (non-hydrogen) atoms. The number of hydrogen-bond acceptors (Lipinski definition) is 6. The highest BCUT2D eigenvalue weighted by Gasteiger charge is 2.09. The van der Waals surface area contributed by atoms with Gasteiger partial charge in [0.1, 0.15) is 17.3 Å². The van der Waals surface area contributed by atoms with Crippen molar-refractivity contribution in [1.29, 1.82) is 0 Å². The summed E-state index contributed by atoms with van der Waals surface area (Å²) in [5.74, 6) is 2.74. The smallest absolute Gasteiger partial charge is 0.229 e. The van der Waals surface area contributed by atoms with E-state index in [-0.39, 0.29) is 6.10 Å². The van der Waals surface area contributed by atoms with E-state index in [9.17, 15) is 0 Å². The first kappa shape index (κ1) is 18.5. The Balaban J connectivity index is 1.83. The first-order valence-electron chi connectivity index (χ1n) is 8.83. The fourth-order valence-electron chi connectivity index (χ4n) is 2.58.